The SMILES string of the molecule is COc1c(F)cc(C(=O)C2CC3CCC(C2)S3=O)cc1F. The Balaban J connectivity index is 1.85. The van der Waals surface area contributed by atoms with Crippen molar-refractivity contribution in [2.45, 2.75) is 36.2 Å². The van der Waals surface area contributed by atoms with Gasteiger partial charge in [0.15, 0.2) is 23.2 Å². The number of halogens is 2. The highest BCUT2D eigenvalue weighted by Gasteiger charge is 2.43. The predicted molar refractivity (Wildman–Crippen MR) is 74.9 cm³/mol. The van der Waals surface area contributed by atoms with Gasteiger partial charge in [-0.15, -0.1) is 0 Å². The first-order valence-electron chi connectivity index (χ1n) is 6.98. The number of carbonyl (C=O) groups is 1. The van der Waals surface area contributed by atoms with Crippen molar-refractivity contribution in [3.63, 3.8) is 0 Å². The summed E-state index contributed by atoms with van der Waals surface area (Å²) in [4.78, 5) is 12.5. The van der Waals surface area contributed by atoms with Gasteiger partial charge in [-0.1, -0.05) is 0 Å². The second-order valence-electron chi connectivity index (χ2n) is 5.66. The molecule has 0 amide bonds. The highest BCUT2D eigenvalue weighted by Crippen LogP contribution is 2.40. The average Bonchev–Trinajstić information content (AvgIpc) is 2.67. The van der Waals surface area contributed by atoms with Crippen LogP contribution >= 0.6 is 0 Å². The molecule has 2 saturated heterocycles. The van der Waals surface area contributed by atoms with Crippen molar-refractivity contribution in [2.24, 2.45) is 5.92 Å². The Bertz CT molecular complexity index is 578. The Morgan fingerprint density at radius 3 is 2.19 bits per heavy atom. The summed E-state index contributed by atoms with van der Waals surface area (Å²) in [6, 6.07) is 2.05. The topological polar surface area (TPSA) is 43.4 Å². The number of rotatable bonds is 3. The molecule has 2 aliphatic rings. The van der Waals surface area contributed by atoms with Gasteiger partial charge < -0.3 is 4.74 Å². The van der Waals surface area contributed by atoms with Gasteiger partial charge in [0.05, 0.1) is 7.11 Å². The Morgan fingerprint density at radius 1 is 1.19 bits per heavy atom. The van der Waals surface area contributed by atoms with E-state index in [2.05, 4.69) is 4.74 Å². The minimum atomic E-state index is -0.872. The number of ether oxygens (including phenoxy) is 1. The fraction of sp³-hybridized carbons (Fsp3) is 0.533. The van der Waals surface area contributed by atoms with Gasteiger partial charge in [-0.3, -0.25) is 9.00 Å². The van der Waals surface area contributed by atoms with Crippen LogP contribution in [0.3, 0.4) is 0 Å². The van der Waals surface area contributed by atoms with Crippen LogP contribution in [-0.4, -0.2) is 27.6 Å². The van der Waals surface area contributed by atoms with Crippen molar-refractivity contribution in [3.05, 3.63) is 29.3 Å². The van der Waals surface area contributed by atoms with Crippen LogP contribution in [0.15, 0.2) is 12.1 Å². The predicted octanol–water partition coefficient (Wildman–Crippen LogP) is 2.85. The zero-order valence-corrected chi connectivity index (χ0v) is 12.4. The van der Waals surface area contributed by atoms with Crippen molar-refractivity contribution in [1.29, 1.82) is 0 Å². The van der Waals surface area contributed by atoms with Gasteiger partial charge in [0.2, 0.25) is 0 Å². The normalized spacial score (nSPS) is 31.2. The summed E-state index contributed by atoms with van der Waals surface area (Å²) in [5.41, 5.74) is 0.0304. The molecule has 0 N–H and O–H groups in total. The van der Waals surface area contributed by atoms with E-state index in [9.17, 15) is 17.8 Å². The zero-order chi connectivity index (χ0) is 15.1. The summed E-state index contributed by atoms with van der Waals surface area (Å²) in [7, 11) is 0.331. The molecule has 2 unspecified atom stereocenters. The van der Waals surface area contributed by atoms with Crippen molar-refractivity contribution in [2.75, 3.05) is 7.11 Å². The lowest BCUT2D eigenvalue weighted by Crippen LogP contribution is -2.32. The first-order valence-corrected chi connectivity index (χ1v) is 8.25. The molecule has 0 aliphatic carbocycles. The van der Waals surface area contributed by atoms with Crippen molar-refractivity contribution >= 4 is 16.6 Å². The fourth-order valence-electron chi connectivity index (χ4n) is 3.38. The monoisotopic (exact) mass is 314 g/mol. The second-order valence-corrected chi connectivity index (χ2v) is 7.65. The lowest BCUT2D eigenvalue weighted by molar-refractivity contribution is 0.0905. The summed E-state index contributed by atoms with van der Waals surface area (Å²) < 4.78 is 44.0. The maximum atomic E-state index is 13.7. The molecule has 2 aliphatic heterocycles. The molecule has 2 fully saturated rings. The molecule has 0 radical (unpaired) electrons. The molecule has 0 aromatic heterocycles. The van der Waals surface area contributed by atoms with Gasteiger partial charge in [-0.25, -0.2) is 8.78 Å². The van der Waals surface area contributed by atoms with E-state index in [1.165, 1.54) is 7.11 Å². The van der Waals surface area contributed by atoms with Gasteiger partial charge >= 0.3 is 0 Å². The standard InChI is InChI=1S/C15H16F2O3S/c1-20-15-12(16)6-9(7-13(15)17)14(18)8-4-10-2-3-11(5-8)21(10)19/h6-8,10-11H,2-5H2,1H3. The quantitative estimate of drug-likeness (QED) is 0.806. The number of benzene rings is 1. The molecule has 0 saturated carbocycles. The maximum absolute atomic E-state index is 13.7. The van der Waals surface area contributed by atoms with E-state index in [0.29, 0.717) is 12.8 Å². The van der Waals surface area contributed by atoms with Gasteiger partial charge in [0.1, 0.15) is 0 Å². The Labute approximate surface area is 124 Å². The van der Waals surface area contributed by atoms with Gasteiger partial charge in [-0.2, -0.15) is 0 Å². The first-order chi connectivity index (χ1) is 10.0. The van der Waals surface area contributed by atoms with Gasteiger partial charge in [-0.05, 0) is 37.8 Å². The maximum Gasteiger partial charge on any atom is 0.190 e. The van der Waals surface area contributed by atoms with E-state index in [4.69, 9.17) is 0 Å². The molecule has 21 heavy (non-hydrogen) atoms. The first kappa shape index (κ1) is 14.6. The van der Waals surface area contributed by atoms with Crippen LogP contribution in [-0.2, 0) is 10.8 Å². The average molecular weight is 314 g/mol. The van der Waals surface area contributed by atoms with Crippen LogP contribution in [0.4, 0.5) is 8.78 Å². The number of hydrogen-bond donors (Lipinski definition) is 0. The van der Waals surface area contributed by atoms with E-state index in [1.54, 1.807) is 0 Å². The van der Waals surface area contributed by atoms with E-state index < -0.39 is 28.2 Å². The summed E-state index contributed by atoms with van der Waals surface area (Å²) >= 11 is 0. The summed E-state index contributed by atoms with van der Waals surface area (Å²) in [6.07, 6.45) is 2.87. The highest BCUT2D eigenvalue weighted by molar-refractivity contribution is 7.86. The number of Topliss-reactive ketones (excluding diaryl/α,β-unsaturated/α-hetero) is 1. The van der Waals surface area contributed by atoms with Crippen molar-refractivity contribution < 1.29 is 22.5 Å². The minimum absolute atomic E-state index is 0.0304. The van der Waals surface area contributed by atoms with Crippen molar-refractivity contribution in [3.8, 4) is 5.75 Å². The van der Waals surface area contributed by atoms with Crippen LogP contribution in [0.2, 0.25) is 0 Å². The fourth-order valence-corrected chi connectivity index (χ4v) is 5.50. The number of fused-ring (bicyclic) bond motifs is 2. The third-order valence-electron chi connectivity index (χ3n) is 4.42. The molecule has 3 nitrogen and oxygen atoms in total. The third kappa shape index (κ3) is 2.50. The molecule has 2 heterocycles. The van der Waals surface area contributed by atoms with Crippen LogP contribution in [0.25, 0.3) is 0 Å². The summed E-state index contributed by atoms with van der Waals surface area (Å²) in [5.74, 6) is -2.76. The molecule has 1 aromatic rings. The van der Waals surface area contributed by atoms with E-state index >= 15 is 0 Å². The number of ketones is 1. The van der Waals surface area contributed by atoms with Gasteiger partial charge in [0, 0.05) is 32.8 Å². The number of methoxy groups -OCH3 is 1. The summed E-state index contributed by atoms with van der Waals surface area (Å²) in [6.45, 7) is 0. The molecule has 3 rings (SSSR count). The molecule has 1 aromatic carbocycles. The van der Waals surface area contributed by atoms with E-state index in [1.807, 2.05) is 0 Å². The van der Waals surface area contributed by atoms with Crippen LogP contribution in [0, 0.1) is 17.6 Å². The summed E-state index contributed by atoms with van der Waals surface area (Å²) in [5, 5.41) is 0.122. The molecule has 114 valence electrons. The molecular formula is C15H16F2O3S. The second kappa shape index (κ2) is 5.48. The van der Waals surface area contributed by atoms with Crippen LogP contribution in [0.5, 0.6) is 5.75 Å². The molecule has 0 spiro atoms. The number of carbonyl (C=O) groups excluding carboxylic acids is 1. The molecule has 6 heteroatoms. The van der Waals surface area contributed by atoms with Crippen LogP contribution < -0.4 is 4.74 Å². The minimum Gasteiger partial charge on any atom is -0.491 e. The highest BCUT2D eigenvalue weighted by atomic mass is 32.2. The van der Waals surface area contributed by atoms with E-state index in [0.717, 1.165) is 25.0 Å². The Kier molecular flexibility index (Phi) is 3.82. The van der Waals surface area contributed by atoms with Gasteiger partial charge in [0.25, 0.3) is 0 Å². The molecule has 2 atom stereocenters. The Morgan fingerprint density at radius 2 is 1.71 bits per heavy atom. The lowest BCUT2D eigenvalue weighted by Gasteiger charge is -2.26. The van der Waals surface area contributed by atoms with E-state index in [-0.39, 0.29) is 27.8 Å². The smallest absolute Gasteiger partial charge is 0.190 e. The lowest BCUT2D eigenvalue weighted by atomic mass is 9.90. The molecule has 2 bridgehead atoms. The molecular weight excluding hydrogens is 298 g/mol. The largest absolute Gasteiger partial charge is 0.491 e. The number of hydrogen-bond acceptors (Lipinski definition) is 3. The zero-order valence-electron chi connectivity index (χ0n) is 11.6. The Hall–Kier alpha value is -1.30. The van der Waals surface area contributed by atoms with Crippen LogP contribution in [0.1, 0.15) is 36.0 Å². The third-order valence-corrected chi connectivity index (χ3v) is 6.59. The van der Waals surface area contributed by atoms with Crippen molar-refractivity contribution in [1.82, 2.24) is 0 Å².